The van der Waals surface area contributed by atoms with Gasteiger partial charge in [0, 0.05) is 0 Å². The number of benzene rings is 2. The summed E-state index contributed by atoms with van der Waals surface area (Å²) in [7, 11) is 0. The molecule has 0 aromatic heterocycles. The molecule has 0 aliphatic carbocycles. The summed E-state index contributed by atoms with van der Waals surface area (Å²) in [6.07, 6.45) is 0.887. The van der Waals surface area contributed by atoms with Crippen molar-refractivity contribution in [2.75, 3.05) is 26.4 Å². The van der Waals surface area contributed by atoms with Crippen LogP contribution in [-0.4, -0.2) is 26.4 Å². The first-order valence-electron chi connectivity index (χ1n) is 7.60. The van der Waals surface area contributed by atoms with Crippen LogP contribution in [0.4, 0.5) is 0 Å². The van der Waals surface area contributed by atoms with Crippen molar-refractivity contribution in [1.29, 1.82) is 0 Å². The molecule has 0 atom stereocenters. The third-order valence-corrected chi connectivity index (χ3v) is 3.11. The summed E-state index contributed by atoms with van der Waals surface area (Å²) in [5, 5.41) is 0. The molecule has 4 nitrogen and oxygen atoms in total. The van der Waals surface area contributed by atoms with E-state index in [-0.39, 0.29) is 0 Å². The number of ether oxygens (including phenoxy) is 3. The summed E-state index contributed by atoms with van der Waals surface area (Å²) >= 11 is 0. The number of hydrogen-bond acceptors (Lipinski definition) is 4. The molecule has 0 spiro atoms. The van der Waals surface area contributed by atoms with Crippen LogP contribution in [0.3, 0.4) is 0 Å². The minimum absolute atomic E-state index is 0.467. The number of para-hydroxylation sites is 2. The maximum absolute atomic E-state index is 5.71. The van der Waals surface area contributed by atoms with Crippen molar-refractivity contribution in [3.8, 4) is 17.2 Å². The molecule has 0 amide bonds. The van der Waals surface area contributed by atoms with Gasteiger partial charge in [0.25, 0.3) is 0 Å². The van der Waals surface area contributed by atoms with Crippen LogP contribution in [-0.2, 0) is 6.42 Å². The smallest absolute Gasteiger partial charge is 0.161 e. The van der Waals surface area contributed by atoms with Gasteiger partial charge < -0.3 is 19.9 Å². The van der Waals surface area contributed by atoms with E-state index in [0.717, 1.165) is 23.7 Å². The second kappa shape index (κ2) is 8.95. The van der Waals surface area contributed by atoms with Crippen molar-refractivity contribution in [3.05, 3.63) is 54.1 Å². The fraction of sp³-hybridized carbons (Fsp3) is 0.333. The standard InChI is InChI=1S/C18H23NO3/c1-2-20-17-5-3-4-6-18(17)22-14-13-21-16-9-7-15(8-10-16)11-12-19/h3-10H,2,11-14,19H2,1H3. The Kier molecular flexibility index (Phi) is 6.58. The number of nitrogens with two attached hydrogens (primary N) is 1. The average Bonchev–Trinajstić information content (AvgIpc) is 2.55. The maximum atomic E-state index is 5.71. The topological polar surface area (TPSA) is 53.7 Å². The zero-order chi connectivity index (χ0) is 15.6. The number of hydrogen-bond donors (Lipinski definition) is 1. The van der Waals surface area contributed by atoms with E-state index in [1.165, 1.54) is 5.56 Å². The summed E-state index contributed by atoms with van der Waals surface area (Å²) in [5.41, 5.74) is 6.75. The van der Waals surface area contributed by atoms with Gasteiger partial charge in [-0.3, -0.25) is 0 Å². The first-order chi connectivity index (χ1) is 10.8. The van der Waals surface area contributed by atoms with Gasteiger partial charge in [-0.05, 0) is 49.7 Å². The Hall–Kier alpha value is -2.20. The molecule has 0 saturated heterocycles. The molecule has 118 valence electrons. The van der Waals surface area contributed by atoms with Crippen molar-refractivity contribution in [3.63, 3.8) is 0 Å². The van der Waals surface area contributed by atoms with Crippen LogP contribution in [0.5, 0.6) is 17.2 Å². The van der Waals surface area contributed by atoms with Crippen LogP contribution in [0.2, 0.25) is 0 Å². The molecule has 2 N–H and O–H groups in total. The molecular formula is C18H23NO3. The summed E-state index contributed by atoms with van der Waals surface area (Å²) in [6.45, 7) is 4.18. The van der Waals surface area contributed by atoms with Crippen LogP contribution in [0.25, 0.3) is 0 Å². The average molecular weight is 301 g/mol. The number of rotatable bonds is 9. The minimum Gasteiger partial charge on any atom is -0.490 e. The van der Waals surface area contributed by atoms with E-state index >= 15 is 0 Å². The van der Waals surface area contributed by atoms with Crippen LogP contribution < -0.4 is 19.9 Å². The highest BCUT2D eigenvalue weighted by Crippen LogP contribution is 2.26. The predicted octanol–water partition coefficient (Wildman–Crippen LogP) is 3.04. The zero-order valence-corrected chi connectivity index (χ0v) is 13.0. The maximum Gasteiger partial charge on any atom is 0.161 e. The molecule has 0 unspecified atom stereocenters. The molecule has 0 radical (unpaired) electrons. The van der Waals surface area contributed by atoms with Gasteiger partial charge in [-0.2, -0.15) is 0 Å². The van der Waals surface area contributed by atoms with E-state index in [0.29, 0.717) is 26.4 Å². The van der Waals surface area contributed by atoms with Crippen molar-refractivity contribution in [2.24, 2.45) is 5.73 Å². The summed E-state index contributed by atoms with van der Waals surface area (Å²) in [4.78, 5) is 0. The molecule has 4 heteroatoms. The van der Waals surface area contributed by atoms with Crippen molar-refractivity contribution >= 4 is 0 Å². The lowest BCUT2D eigenvalue weighted by molar-refractivity contribution is 0.208. The van der Waals surface area contributed by atoms with E-state index in [9.17, 15) is 0 Å². The third-order valence-electron chi connectivity index (χ3n) is 3.11. The molecular weight excluding hydrogens is 278 g/mol. The molecule has 0 aliphatic heterocycles. The first-order valence-corrected chi connectivity index (χ1v) is 7.60. The molecule has 0 heterocycles. The molecule has 22 heavy (non-hydrogen) atoms. The molecule has 2 rings (SSSR count). The Morgan fingerprint density at radius 2 is 1.45 bits per heavy atom. The second-order valence-electron chi connectivity index (χ2n) is 4.76. The van der Waals surface area contributed by atoms with Gasteiger partial charge in [0.2, 0.25) is 0 Å². The van der Waals surface area contributed by atoms with Gasteiger partial charge in [-0.25, -0.2) is 0 Å². The summed E-state index contributed by atoms with van der Waals surface area (Å²) in [5.74, 6) is 2.34. The lowest BCUT2D eigenvalue weighted by Crippen LogP contribution is -2.10. The normalized spacial score (nSPS) is 10.3. The van der Waals surface area contributed by atoms with Crippen molar-refractivity contribution in [1.82, 2.24) is 0 Å². The molecule has 0 saturated carbocycles. The Morgan fingerprint density at radius 1 is 0.818 bits per heavy atom. The SMILES string of the molecule is CCOc1ccccc1OCCOc1ccc(CCN)cc1. The Morgan fingerprint density at radius 3 is 2.09 bits per heavy atom. The molecule has 0 bridgehead atoms. The highest BCUT2D eigenvalue weighted by atomic mass is 16.5. The summed E-state index contributed by atoms with van der Waals surface area (Å²) < 4.78 is 16.9. The minimum atomic E-state index is 0.467. The van der Waals surface area contributed by atoms with Gasteiger partial charge in [0.15, 0.2) is 11.5 Å². The fourth-order valence-corrected chi connectivity index (χ4v) is 2.07. The lowest BCUT2D eigenvalue weighted by atomic mass is 10.1. The van der Waals surface area contributed by atoms with Crippen LogP contribution in [0.1, 0.15) is 12.5 Å². The Balaban J connectivity index is 1.77. The van der Waals surface area contributed by atoms with E-state index < -0.39 is 0 Å². The summed E-state index contributed by atoms with van der Waals surface area (Å²) in [6, 6.07) is 15.6. The van der Waals surface area contributed by atoms with Gasteiger partial charge in [-0.15, -0.1) is 0 Å². The largest absolute Gasteiger partial charge is 0.490 e. The predicted molar refractivity (Wildman–Crippen MR) is 87.8 cm³/mol. The highest BCUT2D eigenvalue weighted by molar-refractivity contribution is 5.39. The quantitative estimate of drug-likeness (QED) is 0.723. The van der Waals surface area contributed by atoms with Crippen LogP contribution in [0, 0.1) is 0 Å². The molecule has 2 aromatic carbocycles. The third kappa shape index (κ3) is 4.97. The second-order valence-corrected chi connectivity index (χ2v) is 4.76. The van der Waals surface area contributed by atoms with Gasteiger partial charge >= 0.3 is 0 Å². The van der Waals surface area contributed by atoms with E-state index in [1.807, 2.05) is 55.5 Å². The van der Waals surface area contributed by atoms with Gasteiger partial charge in [0.1, 0.15) is 19.0 Å². The van der Waals surface area contributed by atoms with E-state index in [1.54, 1.807) is 0 Å². The van der Waals surface area contributed by atoms with Gasteiger partial charge in [0.05, 0.1) is 6.61 Å². The van der Waals surface area contributed by atoms with E-state index in [2.05, 4.69) is 0 Å². The zero-order valence-electron chi connectivity index (χ0n) is 13.0. The Labute approximate surface area is 131 Å². The Bertz CT molecular complexity index is 555. The molecule has 2 aromatic rings. The van der Waals surface area contributed by atoms with Crippen LogP contribution in [0.15, 0.2) is 48.5 Å². The van der Waals surface area contributed by atoms with Crippen molar-refractivity contribution < 1.29 is 14.2 Å². The van der Waals surface area contributed by atoms with E-state index in [4.69, 9.17) is 19.9 Å². The van der Waals surface area contributed by atoms with Crippen LogP contribution >= 0.6 is 0 Å². The van der Waals surface area contributed by atoms with Crippen molar-refractivity contribution in [2.45, 2.75) is 13.3 Å². The first kappa shape index (κ1) is 16.2. The fourth-order valence-electron chi connectivity index (χ4n) is 2.07. The highest BCUT2D eigenvalue weighted by Gasteiger charge is 2.03. The molecule has 0 fully saturated rings. The van der Waals surface area contributed by atoms with Gasteiger partial charge in [-0.1, -0.05) is 24.3 Å². The lowest BCUT2D eigenvalue weighted by Gasteiger charge is -2.12. The molecule has 0 aliphatic rings. The monoisotopic (exact) mass is 301 g/mol.